The highest BCUT2D eigenvalue weighted by Crippen LogP contribution is 2.44. The highest BCUT2D eigenvalue weighted by molar-refractivity contribution is 5.89. The van der Waals surface area contributed by atoms with Crippen LogP contribution >= 0.6 is 0 Å². The minimum atomic E-state index is -0.526. The van der Waals surface area contributed by atoms with Crippen LogP contribution in [-0.4, -0.2) is 36.1 Å². The van der Waals surface area contributed by atoms with E-state index in [1.54, 1.807) is 12.1 Å². The Morgan fingerprint density at radius 1 is 1.17 bits per heavy atom. The fourth-order valence-electron chi connectivity index (χ4n) is 5.01. The molecule has 1 aliphatic heterocycles. The van der Waals surface area contributed by atoms with Crippen molar-refractivity contribution in [2.24, 2.45) is 0 Å². The number of fused-ring (bicyclic) bond motifs is 1. The zero-order valence-electron chi connectivity index (χ0n) is 14.2. The van der Waals surface area contributed by atoms with E-state index in [1.165, 1.54) is 18.9 Å². The molecule has 4 heteroatoms. The summed E-state index contributed by atoms with van der Waals surface area (Å²) >= 11 is 0. The van der Waals surface area contributed by atoms with Crippen molar-refractivity contribution in [1.29, 1.82) is 0 Å². The number of rotatable bonds is 2. The first kappa shape index (κ1) is 16.1. The van der Waals surface area contributed by atoms with Gasteiger partial charge < -0.3 is 9.64 Å². The van der Waals surface area contributed by atoms with Crippen LogP contribution in [0.4, 0.5) is 4.39 Å². The van der Waals surface area contributed by atoms with Crippen molar-refractivity contribution in [3.05, 3.63) is 35.6 Å². The minimum Gasteiger partial charge on any atom is -0.374 e. The molecular weight excluding hydrogens is 305 g/mol. The Morgan fingerprint density at radius 2 is 1.96 bits per heavy atom. The maximum absolute atomic E-state index is 13.8. The summed E-state index contributed by atoms with van der Waals surface area (Å²) in [4.78, 5) is 15.7. The Balaban J connectivity index is 1.67. The third-order valence-electron chi connectivity index (χ3n) is 6.24. The number of halogens is 1. The van der Waals surface area contributed by atoms with E-state index in [9.17, 15) is 9.18 Å². The van der Waals surface area contributed by atoms with Gasteiger partial charge >= 0.3 is 0 Å². The van der Waals surface area contributed by atoms with Gasteiger partial charge in [-0.3, -0.25) is 4.79 Å². The Morgan fingerprint density at radius 3 is 2.75 bits per heavy atom. The molecule has 1 saturated heterocycles. The van der Waals surface area contributed by atoms with Gasteiger partial charge in [-0.25, -0.2) is 4.39 Å². The van der Waals surface area contributed by atoms with Crippen LogP contribution in [0.2, 0.25) is 0 Å². The second-order valence-corrected chi connectivity index (χ2v) is 7.56. The molecular formula is C20H26FNO2. The number of amides is 1. The zero-order valence-corrected chi connectivity index (χ0v) is 14.2. The predicted molar refractivity (Wildman–Crippen MR) is 90.3 cm³/mol. The van der Waals surface area contributed by atoms with Crippen LogP contribution in [0, 0.1) is 5.82 Å². The van der Waals surface area contributed by atoms with E-state index in [0.29, 0.717) is 13.2 Å². The lowest BCUT2D eigenvalue weighted by Crippen LogP contribution is -2.59. The van der Waals surface area contributed by atoms with Gasteiger partial charge in [0.15, 0.2) is 0 Å². The number of hydrogen-bond acceptors (Lipinski definition) is 2. The quantitative estimate of drug-likeness (QED) is 0.825. The molecule has 0 bridgehead atoms. The smallest absolute Gasteiger partial charge is 0.233 e. The Hall–Kier alpha value is -1.42. The fraction of sp³-hybridized carbons (Fsp3) is 0.650. The van der Waals surface area contributed by atoms with Gasteiger partial charge in [-0.05, 0) is 43.4 Å². The molecule has 0 N–H and O–H groups in total. The number of hydrogen-bond donors (Lipinski definition) is 0. The van der Waals surface area contributed by atoms with E-state index in [0.717, 1.165) is 44.1 Å². The van der Waals surface area contributed by atoms with Gasteiger partial charge in [-0.1, -0.05) is 37.8 Å². The largest absolute Gasteiger partial charge is 0.374 e. The summed E-state index contributed by atoms with van der Waals surface area (Å²) in [6.45, 7) is 1.31. The maximum Gasteiger partial charge on any atom is 0.233 e. The van der Waals surface area contributed by atoms with Crippen LogP contribution in [0.3, 0.4) is 0 Å². The molecule has 2 atom stereocenters. The first-order valence-corrected chi connectivity index (χ1v) is 9.39. The van der Waals surface area contributed by atoms with Crippen molar-refractivity contribution < 1.29 is 13.9 Å². The van der Waals surface area contributed by atoms with Gasteiger partial charge in [0.05, 0.1) is 24.2 Å². The number of ether oxygens (including phenoxy) is 1. The average Bonchev–Trinajstić information content (AvgIpc) is 3.12. The predicted octanol–water partition coefficient (Wildman–Crippen LogP) is 3.81. The first-order chi connectivity index (χ1) is 11.7. The van der Waals surface area contributed by atoms with Crippen molar-refractivity contribution in [2.45, 2.75) is 68.9 Å². The summed E-state index contributed by atoms with van der Waals surface area (Å²) in [5.41, 5.74) is 0.338. The van der Waals surface area contributed by atoms with E-state index in [4.69, 9.17) is 4.74 Å². The molecule has 0 aromatic heterocycles. The van der Waals surface area contributed by atoms with E-state index in [-0.39, 0.29) is 23.9 Å². The lowest BCUT2D eigenvalue weighted by atomic mass is 9.76. The second-order valence-electron chi connectivity index (χ2n) is 7.56. The van der Waals surface area contributed by atoms with Crippen molar-refractivity contribution in [3.63, 3.8) is 0 Å². The van der Waals surface area contributed by atoms with E-state index in [1.807, 2.05) is 6.07 Å². The average molecular weight is 331 g/mol. The third kappa shape index (κ3) is 2.65. The summed E-state index contributed by atoms with van der Waals surface area (Å²) in [5.74, 6) is -0.0325. The van der Waals surface area contributed by atoms with Crippen molar-refractivity contribution in [2.75, 3.05) is 13.2 Å². The van der Waals surface area contributed by atoms with Gasteiger partial charge in [-0.15, -0.1) is 0 Å². The minimum absolute atomic E-state index is 0.197. The highest BCUT2D eigenvalue weighted by atomic mass is 19.1. The van der Waals surface area contributed by atoms with E-state index in [2.05, 4.69) is 4.90 Å². The molecule has 24 heavy (non-hydrogen) atoms. The topological polar surface area (TPSA) is 29.5 Å². The third-order valence-corrected chi connectivity index (χ3v) is 6.24. The molecule has 1 aromatic rings. The Labute approximate surface area is 143 Å². The maximum atomic E-state index is 13.8. The molecule has 4 rings (SSSR count). The number of carbonyl (C=O) groups is 1. The first-order valence-electron chi connectivity index (χ1n) is 9.39. The standard InChI is InChI=1S/C20H26FNO2/c21-16-7-5-6-15(14-16)20(10-3-4-11-20)19(23)22-12-13-24-18-9-2-1-8-17(18)22/h5-7,14,17-18H,1-4,8-13H2. The normalized spacial score (nSPS) is 29.3. The molecule has 0 radical (unpaired) electrons. The van der Waals surface area contributed by atoms with E-state index < -0.39 is 5.41 Å². The van der Waals surface area contributed by atoms with Crippen molar-refractivity contribution in [1.82, 2.24) is 4.90 Å². The number of carbonyl (C=O) groups excluding carboxylic acids is 1. The molecule has 1 aromatic carbocycles. The van der Waals surface area contributed by atoms with Gasteiger partial charge in [0, 0.05) is 6.54 Å². The molecule has 3 nitrogen and oxygen atoms in total. The van der Waals surface area contributed by atoms with Crippen LogP contribution in [-0.2, 0) is 14.9 Å². The number of morpholine rings is 1. The van der Waals surface area contributed by atoms with Gasteiger partial charge in [0.25, 0.3) is 0 Å². The second kappa shape index (κ2) is 6.47. The molecule has 2 unspecified atom stereocenters. The van der Waals surface area contributed by atoms with Crippen LogP contribution in [0.1, 0.15) is 56.9 Å². The van der Waals surface area contributed by atoms with Crippen LogP contribution in [0.5, 0.6) is 0 Å². The van der Waals surface area contributed by atoms with Gasteiger partial charge in [0.1, 0.15) is 5.82 Å². The zero-order chi connectivity index (χ0) is 16.6. The summed E-state index contributed by atoms with van der Waals surface area (Å²) < 4.78 is 19.7. The summed E-state index contributed by atoms with van der Waals surface area (Å²) in [6.07, 6.45) is 8.41. The van der Waals surface area contributed by atoms with Gasteiger partial charge in [0.2, 0.25) is 5.91 Å². The van der Waals surface area contributed by atoms with Crippen LogP contribution in [0.25, 0.3) is 0 Å². The SMILES string of the molecule is O=C(N1CCOC2CCCCC21)C1(c2cccc(F)c2)CCCC1. The summed E-state index contributed by atoms with van der Waals surface area (Å²) in [6, 6.07) is 6.92. The molecule has 2 aliphatic carbocycles. The van der Waals surface area contributed by atoms with Crippen LogP contribution in [0.15, 0.2) is 24.3 Å². The molecule has 2 saturated carbocycles. The Kier molecular flexibility index (Phi) is 4.33. The van der Waals surface area contributed by atoms with Crippen molar-refractivity contribution >= 4 is 5.91 Å². The molecule has 1 heterocycles. The summed E-state index contributed by atoms with van der Waals surface area (Å²) in [7, 11) is 0. The van der Waals surface area contributed by atoms with Crippen molar-refractivity contribution in [3.8, 4) is 0 Å². The van der Waals surface area contributed by atoms with Gasteiger partial charge in [-0.2, -0.15) is 0 Å². The monoisotopic (exact) mass is 331 g/mol. The lowest BCUT2D eigenvalue weighted by Gasteiger charge is -2.47. The molecule has 0 spiro atoms. The summed E-state index contributed by atoms with van der Waals surface area (Å²) in [5, 5.41) is 0. The Bertz CT molecular complexity index is 609. The molecule has 130 valence electrons. The van der Waals surface area contributed by atoms with Crippen LogP contribution < -0.4 is 0 Å². The molecule has 3 aliphatic rings. The fourth-order valence-corrected chi connectivity index (χ4v) is 5.01. The lowest BCUT2D eigenvalue weighted by molar-refractivity contribution is -0.155. The molecule has 3 fully saturated rings. The number of nitrogens with zero attached hydrogens (tertiary/aromatic N) is 1. The van der Waals surface area contributed by atoms with E-state index >= 15 is 0 Å². The molecule has 1 amide bonds. The number of benzene rings is 1. The highest BCUT2D eigenvalue weighted by Gasteiger charge is 2.48.